The first-order valence-electron chi connectivity index (χ1n) is 10.3. The maximum Gasteiger partial charge on any atom is 0.337 e. The molecule has 2 aliphatic rings. The minimum absolute atomic E-state index is 0.0655. The van der Waals surface area contributed by atoms with Crippen molar-refractivity contribution in [2.75, 3.05) is 31.1 Å². The van der Waals surface area contributed by atoms with Crippen molar-refractivity contribution in [1.29, 1.82) is 0 Å². The fourth-order valence-electron chi connectivity index (χ4n) is 4.02. The van der Waals surface area contributed by atoms with Crippen LogP contribution in [0.15, 0.2) is 5.70 Å². The fourth-order valence-corrected chi connectivity index (χ4v) is 4.02. The van der Waals surface area contributed by atoms with E-state index in [0.29, 0.717) is 17.3 Å². The second kappa shape index (κ2) is 9.15. The van der Waals surface area contributed by atoms with E-state index in [2.05, 4.69) is 26.7 Å². The minimum Gasteiger partial charge on any atom is -0.375 e. The third-order valence-electron chi connectivity index (χ3n) is 5.44. The zero-order valence-electron chi connectivity index (χ0n) is 16.6. The molecule has 0 amide bonds. The lowest BCUT2D eigenvalue weighted by molar-refractivity contribution is -0.384. The van der Waals surface area contributed by atoms with E-state index in [1.165, 1.54) is 25.0 Å². The molecule has 2 saturated heterocycles. The zero-order chi connectivity index (χ0) is 19.2. The first-order chi connectivity index (χ1) is 13.1. The number of allylic oxidation sites excluding steroid dienone is 1. The molecule has 1 aromatic rings. The Balaban J connectivity index is 2.03. The van der Waals surface area contributed by atoms with Gasteiger partial charge in [-0.25, -0.2) is 9.97 Å². The highest BCUT2D eigenvalue weighted by Crippen LogP contribution is 2.33. The highest BCUT2D eigenvalue weighted by Gasteiger charge is 2.28. The third-order valence-corrected chi connectivity index (χ3v) is 5.44. The Hall–Kier alpha value is -2.18. The molecule has 2 aliphatic heterocycles. The Kier molecular flexibility index (Phi) is 6.63. The van der Waals surface area contributed by atoms with Gasteiger partial charge in [0.15, 0.2) is 0 Å². The monoisotopic (exact) mass is 373 g/mol. The molecule has 2 fully saturated rings. The van der Waals surface area contributed by atoms with Gasteiger partial charge >= 0.3 is 5.69 Å². The van der Waals surface area contributed by atoms with E-state index < -0.39 is 0 Å². The quantitative estimate of drug-likeness (QED) is 0.524. The van der Waals surface area contributed by atoms with Crippen LogP contribution in [0.5, 0.6) is 0 Å². The molecule has 0 bridgehead atoms. The first kappa shape index (κ1) is 19.6. The summed E-state index contributed by atoms with van der Waals surface area (Å²) in [6, 6.07) is 0. The Morgan fingerprint density at radius 3 is 2.41 bits per heavy atom. The van der Waals surface area contributed by atoms with Gasteiger partial charge in [0.25, 0.3) is 0 Å². The van der Waals surface area contributed by atoms with Crippen LogP contribution in [0.1, 0.15) is 69.8 Å². The lowest BCUT2D eigenvalue weighted by Crippen LogP contribution is -2.31. The largest absolute Gasteiger partial charge is 0.375 e. The molecule has 0 N–H and O–H groups in total. The number of aromatic nitrogens is 2. The van der Waals surface area contributed by atoms with Gasteiger partial charge in [-0.15, -0.1) is 0 Å². The maximum atomic E-state index is 12.0. The topological polar surface area (TPSA) is 75.4 Å². The zero-order valence-corrected chi connectivity index (χ0v) is 16.6. The minimum atomic E-state index is -0.295. The average molecular weight is 374 g/mol. The van der Waals surface area contributed by atoms with Crippen molar-refractivity contribution in [2.24, 2.45) is 0 Å². The molecule has 3 heterocycles. The molecule has 7 nitrogen and oxygen atoms in total. The summed E-state index contributed by atoms with van der Waals surface area (Å²) in [4.78, 5) is 25.1. The third kappa shape index (κ3) is 4.76. The first-order valence-corrected chi connectivity index (χ1v) is 10.3. The van der Waals surface area contributed by atoms with Crippen molar-refractivity contribution in [2.45, 2.75) is 65.2 Å². The van der Waals surface area contributed by atoms with E-state index in [1.54, 1.807) is 0 Å². The Morgan fingerprint density at radius 2 is 1.78 bits per heavy atom. The van der Waals surface area contributed by atoms with Crippen LogP contribution in [0.25, 0.3) is 6.08 Å². The van der Waals surface area contributed by atoms with Crippen LogP contribution in [0, 0.1) is 17.0 Å². The van der Waals surface area contributed by atoms with Crippen molar-refractivity contribution in [3.8, 4) is 0 Å². The van der Waals surface area contributed by atoms with E-state index in [4.69, 9.17) is 0 Å². The van der Waals surface area contributed by atoms with Crippen molar-refractivity contribution in [1.82, 2.24) is 14.9 Å². The summed E-state index contributed by atoms with van der Waals surface area (Å²) in [6.45, 7) is 7.73. The molecule has 0 spiro atoms. The number of nitro groups is 1. The number of anilines is 1. The smallest absolute Gasteiger partial charge is 0.337 e. The van der Waals surface area contributed by atoms with Crippen LogP contribution in [0.2, 0.25) is 0 Å². The average Bonchev–Trinajstić information content (AvgIpc) is 3.19. The van der Waals surface area contributed by atoms with Crippen LogP contribution in [0.3, 0.4) is 0 Å². The number of rotatable bonds is 7. The van der Waals surface area contributed by atoms with Crippen molar-refractivity contribution in [3.63, 3.8) is 0 Å². The lowest BCUT2D eigenvalue weighted by Gasteiger charge is -2.27. The van der Waals surface area contributed by atoms with Gasteiger partial charge in [-0.3, -0.25) is 10.1 Å². The standard InChI is InChI=1S/C20H31N5O2/c1-3-4-10-17(23-11-8-9-12-23)15-18-19(25(26)27)20(22-16(2)21-18)24-13-6-5-7-14-24/h15H,3-14H2,1-2H3/b17-15-. The van der Waals surface area contributed by atoms with Gasteiger partial charge in [0.2, 0.25) is 5.82 Å². The normalized spacial score (nSPS) is 18.2. The number of aryl methyl sites for hydroxylation is 1. The van der Waals surface area contributed by atoms with Crippen molar-refractivity contribution < 1.29 is 4.92 Å². The van der Waals surface area contributed by atoms with Crippen LogP contribution >= 0.6 is 0 Å². The highest BCUT2D eigenvalue weighted by molar-refractivity contribution is 5.70. The Morgan fingerprint density at radius 1 is 1.11 bits per heavy atom. The van der Waals surface area contributed by atoms with Crippen molar-refractivity contribution >= 4 is 17.6 Å². The summed E-state index contributed by atoms with van der Waals surface area (Å²) in [5.74, 6) is 1.10. The SMILES string of the molecule is CCCC/C(=C/c1nc(C)nc(N2CCCCC2)c1[N+](=O)[O-])N1CCCC1. The van der Waals surface area contributed by atoms with Crippen LogP contribution in [0.4, 0.5) is 11.5 Å². The predicted molar refractivity (Wildman–Crippen MR) is 108 cm³/mol. The van der Waals surface area contributed by atoms with Gasteiger partial charge in [-0.2, -0.15) is 0 Å². The number of hydrogen-bond donors (Lipinski definition) is 0. The number of nitrogens with zero attached hydrogens (tertiary/aromatic N) is 5. The van der Waals surface area contributed by atoms with Crippen LogP contribution < -0.4 is 4.90 Å². The molecule has 3 rings (SSSR count). The molecule has 148 valence electrons. The number of hydrogen-bond acceptors (Lipinski definition) is 6. The van der Waals surface area contributed by atoms with Gasteiger partial charge in [-0.05, 0) is 57.9 Å². The summed E-state index contributed by atoms with van der Waals surface area (Å²) in [5.41, 5.74) is 1.71. The van der Waals surface area contributed by atoms with Gasteiger partial charge in [0, 0.05) is 31.9 Å². The van der Waals surface area contributed by atoms with E-state index in [1.807, 2.05) is 13.0 Å². The van der Waals surface area contributed by atoms with E-state index >= 15 is 0 Å². The molecule has 0 radical (unpaired) electrons. The van der Waals surface area contributed by atoms with E-state index in [0.717, 1.165) is 58.3 Å². The number of likely N-dealkylation sites (tertiary alicyclic amines) is 1. The second-order valence-electron chi connectivity index (χ2n) is 7.57. The van der Waals surface area contributed by atoms with Crippen molar-refractivity contribution in [3.05, 3.63) is 27.3 Å². The summed E-state index contributed by atoms with van der Waals surface area (Å²) in [6.07, 6.45) is 10.8. The summed E-state index contributed by atoms with van der Waals surface area (Å²) >= 11 is 0. The predicted octanol–water partition coefficient (Wildman–Crippen LogP) is 4.31. The molecule has 0 unspecified atom stereocenters. The molecule has 7 heteroatoms. The molecule has 27 heavy (non-hydrogen) atoms. The van der Waals surface area contributed by atoms with Gasteiger partial charge in [0.1, 0.15) is 11.5 Å². The molecule has 0 saturated carbocycles. The van der Waals surface area contributed by atoms with Crippen LogP contribution in [-0.2, 0) is 0 Å². The summed E-state index contributed by atoms with van der Waals surface area (Å²) in [7, 11) is 0. The van der Waals surface area contributed by atoms with Gasteiger partial charge in [0.05, 0.1) is 4.92 Å². The summed E-state index contributed by atoms with van der Waals surface area (Å²) in [5, 5.41) is 12.0. The van der Waals surface area contributed by atoms with Crippen LogP contribution in [-0.4, -0.2) is 46.0 Å². The highest BCUT2D eigenvalue weighted by atomic mass is 16.6. The molecule has 1 aromatic heterocycles. The molecule has 0 aromatic carbocycles. The molecular formula is C20H31N5O2. The summed E-state index contributed by atoms with van der Waals surface area (Å²) < 4.78 is 0. The molecular weight excluding hydrogens is 342 g/mol. The van der Waals surface area contributed by atoms with Gasteiger partial charge < -0.3 is 9.80 Å². The number of unbranched alkanes of at least 4 members (excludes halogenated alkanes) is 1. The maximum absolute atomic E-state index is 12.0. The molecule has 0 atom stereocenters. The second-order valence-corrected chi connectivity index (χ2v) is 7.57. The van der Waals surface area contributed by atoms with E-state index in [-0.39, 0.29) is 10.6 Å². The Bertz CT molecular complexity index is 692. The molecule has 0 aliphatic carbocycles. The fraction of sp³-hybridized carbons (Fsp3) is 0.700. The van der Waals surface area contributed by atoms with Gasteiger partial charge in [-0.1, -0.05) is 13.3 Å². The van der Waals surface area contributed by atoms with E-state index in [9.17, 15) is 10.1 Å². The Labute approximate surface area is 161 Å². The lowest BCUT2D eigenvalue weighted by atomic mass is 10.1. The number of piperidine rings is 1.